The number of amides is 2. The highest BCUT2D eigenvalue weighted by atomic mass is 32.1. The largest absolute Gasteiger partial charge is 0.325 e. The molecule has 2 amide bonds. The van der Waals surface area contributed by atoms with Gasteiger partial charge in [0.15, 0.2) is 3.95 Å². The first-order valence-corrected chi connectivity index (χ1v) is 7.69. The van der Waals surface area contributed by atoms with Crippen molar-refractivity contribution in [3.8, 4) is 0 Å². The maximum atomic E-state index is 12.0. The number of anilines is 2. The summed E-state index contributed by atoms with van der Waals surface area (Å²) in [6.45, 7) is 0. The van der Waals surface area contributed by atoms with E-state index < -0.39 is 0 Å². The smallest absolute Gasteiger partial charge is 0.307 e. The lowest BCUT2D eigenvalue weighted by atomic mass is 9.90. The number of carbonyl (C=O) groups is 1. The molecule has 5 nitrogen and oxygen atoms in total. The van der Waals surface area contributed by atoms with Gasteiger partial charge >= 0.3 is 6.03 Å². The van der Waals surface area contributed by atoms with E-state index in [0.29, 0.717) is 9.09 Å². The van der Waals surface area contributed by atoms with Crippen LogP contribution < -0.4 is 10.6 Å². The molecule has 0 spiro atoms. The molecule has 0 fully saturated rings. The Balaban J connectivity index is 1.74. The van der Waals surface area contributed by atoms with E-state index >= 15 is 0 Å². The number of aryl methyl sites for hydroxylation is 1. The maximum absolute atomic E-state index is 12.0. The molecule has 1 aromatic carbocycles. The zero-order valence-corrected chi connectivity index (χ0v) is 12.4. The zero-order valence-electron chi connectivity index (χ0n) is 10.7. The van der Waals surface area contributed by atoms with Gasteiger partial charge in [0.05, 0.1) is 0 Å². The fraction of sp³-hybridized carbons (Fsp3) is 0.308. The molecule has 3 rings (SSSR count). The van der Waals surface area contributed by atoms with Crippen molar-refractivity contribution in [2.45, 2.75) is 25.7 Å². The molecule has 3 N–H and O–H groups in total. The van der Waals surface area contributed by atoms with Crippen LogP contribution >= 0.6 is 23.6 Å². The third kappa shape index (κ3) is 2.88. The number of aromatic nitrogens is 2. The minimum absolute atomic E-state index is 0.290. The molecule has 1 heterocycles. The molecule has 1 aliphatic rings. The Morgan fingerprint density at radius 3 is 2.95 bits per heavy atom. The second-order valence-electron chi connectivity index (χ2n) is 4.65. The first-order valence-electron chi connectivity index (χ1n) is 6.46. The van der Waals surface area contributed by atoms with Crippen molar-refractivity contribution in [3.05, 3.63) is 33.3 Å². The van der Waals surface area contributed by atoms with E-state index in [0.717, 1.165) is 18.5 Å². The highest BCUT2D eigenvalue weighted by Crippen LogP contribution is 2.27. The number of H-pyrrole nitrogens is 1. The molecule has 0 saturated carbocycles. The highest BCUT2D eigenvalue weighted by molar-refractivity contribution is 7.73. The molecular weight excluding hydrogens is 292 g/mol. The van der Waals surface area contributed by atoms with Gasteiger partial charge in [-0.3, -0.25) is 10.4 Å². The van der Waals surface area contributed by atoms with Gasteiger partial charge in [0.1, 0.15) is 0 Å². The minimum Gasteiger partial charge on any atom is -0.307 e. The van der Waals surface area contributed by atoms with Gasteiger partial charge in [-0.25, -0.2) is 4.79 Å². The summed E-state index contributed by atoms with van der Waals surface area (Å²) in [4.78, 5) is 12.0. The molecule has 20 heavy (non-hydrogen) atoms. The Kier molecular flexibility index (Phi) is 3.79. The fourth-order valence-electron chi connectivity index (χ4n) is 2.43. The van der Waals surface area contributed by atoms with Crippen LogP contribution in [-0.2, 0) is 12.8 Å². The summed E-state index contributed by atoms with van der Waals surface area (Å²) in [5, 5.41) is 12.6. The maximum Gasteiger partial charge on any atom is 0.325 e. The Morgan fingerprint density at radius 2 is 2.15 bits per heavy atom. The number of urea groups is 1. The Labute approximate surface area is 125 Å². The summed E-state index contributed by atoms with van der Waals surface area (Å²) >= 11 is 6.16. The normalized spacial score (nSPS) is 13.6. The van der Waals surface area contributed by atoms with Crippen LogP contribution in [0.5, 0.6) is 0 Å². The molecule has 7 heteroatoms. The highest BCUT2D eigenvalue weighted by Gasteiger charge is 2.14. The van der Waals surface area contributed by atoms with Gasteiger partial charge in [0, 0.05) is 5.69 Å². The van der Waals surface area contributed by atoms with E-state index in [9.17, 15) is 4.79 Å². The van der Waals surface area contributed by atoms with E-state index in [2.05, 4.69) is 26.9 Å². The van der Waals surface area contributed by atoms with Crippen LogP contribution in [0.1, 0.15) is 24.0 Å². The van der Waals surface area contributed by atoms with Crippen molar-refractivity contribution in [1.82, 2.24) is 10.2 Å². The first kappa shape index (κ1) is 13.3. The quantitative estimate of drug-likeness (QED) is 0.741. The van der Waals surface area contributed by atoms with E-state index in [4.69, 9.17) is 12.2 Å². The van der Waals surface area contributed by atoms with E-state index in [1.54, 1.807) is 0 Å². The van der Waals surface area contributed by atoms with Gasteiger partial charge in [0.25, 0.3) is 0 Å². The summed E-state index contributed by atoms with van der Waals surface area (Å²) in [5.41, 5.74) is 3.48. The number of aromatic amines is 1. The number of rotatable bonds is 2. The van der Waals surface area contributed by atoms with Crippen molar-refractivity contribution in [2.24, 2.45) is 0 Å². The van der Waals surface area contributed by atoms with Crippen LogP contribution in [0.2, 0.25) is 0 Å². The second kappa shape index (κ2) is 5.72. The fourth-order valence-corrected chi connectivity index (χ4v) is 3.22. The van der Waals surface area contributed by atoms with E-state index in [1.807, 2.05) is 12.1 Å². The molecule has 104 valence electrons. The van der Waals surface area contributed by atoms with Crippen LogP contribution in [0, 0.1) is 3.95 Å². The molecule has 1 aromatic heterocycles. The van der Waals surface area contributed by atoms with Crippen LogP contribution in [0.3, 0.4) is 0 Å². The van der Waals surface area contributed by atoms with Gasteiger partial charge in [0.2, 0.25) is 5.13 Å². The Hall–Kier alpha value is -1.73. The third-order valence-corrected chi connectivity index (χ3v) is 4.31. The molecule has 0 atom stereocenters. The van der Waals surface area contributed by atoms with E-state index in [1.165, 1.54) is 35.3 Å². The number of carbonyl (C=O) groups excluding carboxylic acids is 1. The van der Waals surface area contributed by atoms with Gasteiger partial charge in [-0.05, 0) is 55.1 Å². The van der Waals surface area contributed by atoms with Crippen molar-refractivity contribution in [1.29, 1.82) is 0 Å². The minimum atomic E-state index is -0.290. The van der Waals surface area contributed by atoms with Gasteiger partial charge in [-0.15, -0.1) is 5.10 Å². The third-order valence-electron chi connectivity index (χ3n) is 3.30. The van der Waals surface area contributed by atoms with Crippen LogP contribution in [0.4, 0.5) is 15.6 Å². The second-order valence-corrected chi connectivity index (χ2v) is 6.31. The first-order chi connectivity index (χ1) is 9.72. The SMILES string of the molecule is O=C(Nc1n[nH]c(=S)s1)Nc1cccc2c1CCCC2. The van der Waals surface area contributed by atoms with Crippen LogP contribution in [-0.4, -0.2) is 16.2 Å². The average Bonchev–Trinajstić information content (AvgIpc) is 2.84. The monoisotopic (exact) mass is 306 g/mol. The predicted octanol–water partition coefficient (Wildman–Crippen LogP) is 3.72. The summed E-state index contributed by atoms with van der Waals surface area (Å²) in [5.74, 6) is 0. The van der Waals surface area contributed by atoms with Crippen molar-refractivity contribution >= 4 is 40.4 Å². The topological polar surface area (TPSA) is 69.8 Å². The van der Waals surface area contributed by atoms with Crippen LogP contribution in [0.15, 0.2) is 18.2 Å². The molecule has 0 aliphatic heterocycles. The summed E-state index contributed by atoms with van der Waals surface area (Å²) in [6, 6.07) is 5.77. The number of hydrogen-bond donors (Lipinski definition) is 3. The standard InChI is InChI=1S/C13H14N4OS2/c18-11(15-12-16-17-13(19)20-12)14-10-7-3-5-8-4-1-2-6-9(8)10/h3,5,7H,1-2,4,6H2,(H,17,19)(H2,14,15,16,18). The van der Waals surface area contributed by atoms with Crippen LogP contribution in [0.25, 0.3) is 0 Å². The van der Waals surface area contributed by atoms with E-state index in [-0.39, 0.29) is 6.03 Å². The number of benzene rings is 1. The average molecular weight is 306 g/mol. The summed E-state index contributed by atoms with van der Waals surface area (Å²) in [6.07, 6.45) is 4.51. The van der Waals surface area contributed by atoms with Gasteiger partial charge in [-0.1, -0.05) is 23.5 Å². The Morgan fingerprint density at radius 1 is 1.30 bits per heavy atom. The number of nitrogens with zero attached hydrogens (tertiary/aromatic N) is 1. The number of hydrogen-bond acceptors (Lipinski definition) is 4. The number of nitrogens with one attached hydrogen (secondary N) is 3. The summed E-state index contributed by atoms with van der Waals surface area (Å²) < 4.78 is 0.539. The molecular formula is C13H14N4OS2. The predicted molar refractivity (Wildman–Crippen MR) is 83.0 cm³/mol. The number of fused-ring (bicyclic) bond motifs is 1. The molecule has 0 saturated heterocycles. The molecule has 0 bridgehead atoms. The lowest BCUT2D eigenvalue weighted by Crippen LogP contribution is -2.21. The Bertz CT molecular complexity index is 692. The van der Waals surface area contributed by atoms with Crippen molar-refractivity contribution in [3.63, 3.8) is 0 Å². The van der Waals surface area contributed by atoms with Gasteiger partial charge in [-0.2, -0.15) is 0 Å². The molecule has 0 radical (unpaired) electrons. The molecule has 1 aliphatic carbocycles. The summed E-state index contributed by atoms with van der Waals surface area (Å²) in [7, 11) is 0. The van der Waals surface area contributed by atoms with Crippen molar-refractivity contribution < 1.29 is 4.79 Å². The molecule has 0 unspecified atom stereocenters. The lowest BCUT2D eigenvalue weighted by Gasteiger charge is -2.19. The van der Waals surface area contributed by atoms with Crippen molar-refractivity contribution in [2.75, 3.05) is 10.6 Å². The molecule has 2 aromatic rings. The van der Waals surface area contributed by atoms with Gasteiger partial charge < -0.3 is 5.32 Å². The lowest BCUT2D eigenvalue weighted by molar-refractivity contribution is 0.262. The zero-order chi connectivity index (χ0) is 13.9.